The fourth-order valence-electron chi connectivity index (χ4n) is 2.45. The topological polar surface area (TPSA) is 41.8 Å². The molecule has 0 aliphatic rings. The zero-order valence-corrected chi connectivity index (χ0v) is 11.5. The highest BCUT2D eigenvalue weighted by molar-refractivity contribution is 6.38. The molecule has 1 heterocycles. The number of nitrogens with one attached hydrogen (secondary N) is 1. The van der Waals surface area contributed by atoms with E-state index < -0.39 is 0 Å². The lowest BCUT2D eigenvalue weighted by Gasteiger charge is -2.07. The molecule has 3 aromatic rings. The molecule has 0 bridgehead atoms. The Labute approximate surface area is 121 Å². The highest BCUT2D eigenvalue weighted by Crippen LogP contribution is 2.36. The number of fused-ring (bicyclic) bond motifs is 1. The SMILES string of the molecule is NCCc1c[nH]c2ccc(-c3ccc(F)cc3)c(Cl)c12. The predicted octanol–water partition coefficient (Wildman–Crippen LogP) is 4.13. The van der Waals surface area contributed by atoms with E-state index in [1.165, 1.54) is 12.1 Å². The zero-order valence-electron chi connectivity index (χ0n) is 10.8. The standard InChI is InChI=1S/C16H14ClFN2/c17-16-13(10-1-3-12(18)4-2-10)5-6-14-15(16)11(7-8-19)9-20-14/h1-6,9,20H,7-8,19H2. The normalized spacial score (nSPS) is 11.2. The fraction of sp³-hybridized carbons (Fsp3) is 0.125. The van der Waals surface area contributed by atoms with Crippen molar-refractivity contribution in [2.24, 2.45) is 5.73 Å². The Morgan fingerprint density at radius 2 is 1.85 bits per heavy atom. The lowest BCUT2D eigenvalue weighted by atomic mass is 10.0. The second-order valence-electron chi connectivity index (χ2n) is 4.71. The number of nitrogens with two attached hydrogens (primary N) is 1. The van der Waals surface area contributed by atoms with Crippen molar-refractivity contribution in [3.63, 3.8) is 0 Å². The Balaban J connectivity index is 2.19. The predicted molar refractivity (Wildman–Crippen MR) is 81.5 cm³/mol. The molecule has 0 aliphatic carbocycles. The van der Waals surface area contributed by atoms with Crippen LogP contribution in [-0.2, 0) is 6.42 Å². The van der Waals surface area contributed by atoms with E-state index in [2.05, 4.69) is 4.98 Å². The van der Waals surface area contributed by atoms with Gasteiger partial charge in [0.15, 0.2) is 0 Å². The van der Waals surface area contributed by atoms with Gasteiger partial charge < -0.3 is 10.7 Å². The molecule has 0 unspecified atom stereocenters. The summed E-state index contributed by atoms with van der Waals surface area (Å²) in [5.74, 6) is -0.253. The molecular formula is C16H14ClFN2. The second kappa shape index (κ2) is 5.27. The summed E-state index contributed by atoms with van der Waals surface area (Å²) in [6.45, 7) is 0.573. The van der Waals surface area contributed by atoms with Crippen molar-refractivity contribution >= 4 is 22.5 Å². The average molecular weight is 289 g/mol. The molecule has 0 saturated carbocycles. The maximum atomic E-state index is 13.0. The molecule has 0 atom stereocenters. The molecule has 20 heavy (non-hydrogen) atoms. The molecule has 0 aliphatic heterocycles. The summed E-state index contributed by atoms with van der Waals surface area (Å²) >= 11 is 6.54. The zero-order chi connectivity index (χ0) is 14.1. The molecule has 0 radical (unpaired) electrons. The number of rotatable bonds is 3. The quantitative estimate of drug-likeness (QED) is 0.747. The third-order valence-corrected chi connectivity index (χ3v) is 3.83. The fourth-order valence-corrected chi connectivity index (χ4v) is 2.85. The van der Waals surface area contributed by atoms with E-state index in [4.69, 9.17) is 17.3 Å². The van der Waals surface area contributed by atoms with Crippen LogP contribution < -0.4 is 5.73 Å². The lowest BCUT2D eigenvalue weighted by molar-refractivity contribution is 0.628. The van der Waals surface area contributed by atoms with Crippen molar-refractivity contribution < 1.29 is 4.39 Å². The van der Waals surface area contributed by atoms with Gasteiger partial charge in [-0.3, -0.25) is 0 Å². The molecule has 3 N–H and O–H groups in total. The first-order valence-corrected chi connectivity index (χ1v) is 6.83. The number of hydrogen-bond donors (Lipinski definition) is 2. The van der Waals surface area contributed by atoms with Crippen LogP contribution in [0.15, 0.2) is 42.6 Å². The monoisotopic (exact) mass is 288 g/mol. The molecule has 0 amide bonds. The van der Waals surface area contributed by atoms with Crippen LogP contribution in [-0.4, -0.2) is 11.5 Å². The van der Waals surface area contributed by atoms with E-state index in [1.54, 1.807) is 12.1 Å². The van der Waals surface area contributed by atoms with Gasteiger partial charge in [-0.15, -0.1) is 0 Å². The first kappa shape index (κ1) is 13.2. The highest BCUT2D eigenvalue weighted by atomic mass is 35.5. The van der Waals surface area contributed by atoms with Gasteiger partial charge in [-0.1, -0.05) is 29.8 Å². The number of H-pyrrole nitrogens is 1. The summed E-state index contributed by atoms with van der Waals surface area (Å²) < 4.78 is 13.0. The third-order valence-electron chi connectivity index (χ3n) is 3.43. The Kier molecular flexibility index (Phi) is 3.47. The van der Waals surface area contributed by atoms with E-state index in [0.29, 0.717) is 11.6 Å². The molecule has 3 rings (SSSR count). The van der Waals surface area contributed by atoms with Gasteiger partial charge >= 0.3 is 0 Å². The van der Waals surface area contributed by atoms with Crippen molar-refractivity contribution in [2.75, 3.05) is 6.54 Å². The van der Waals surface area contributed by atoms with Crippen molar-refractivity contribution in [3.05, 3.63) is 59.0 Å². The van der Waals surface area contributed by atoms with E-state index in [-0.39, 0.29) is 5.82 Å². The van der Waals surface area contributed by atoms with Crippen LogP contribution in [0.4, 0.5) is 4.39 Å². The van der Waals surface area contributed by atoms with Crippen molar-refractivity contribution in [3.8, 4) is 11.1 Å². The smallest absolute Gasteiger partial charge is 0.123 e. The molecule has 2 nitrogen and oxygen atoms in total. The van der Waals surface area contributed by atoms with Gasteiger partial charge in [0.1, 0.15) is 5.82 Å². The number of halogens is 2. The summed E-state index contributed by atoms with van der Waals surface area (Å²) in [5.41, 5.74) is 9.53. The van der Waals surface area contributed by atoms with Crippen LogP contribution in [0.2, 0.25) is 5.02 Å². The van der Waals surface area contributed by atoms with E-state index >= 15 is 0 Å². The Morgan fingerprint density at radius 3 is 2.55 bits per heavy atom. The van der Waals surface area contributed by atoms with E-state index in [0.717, 1.165) is 34.0 Å². The Morgan fingerprint density at radius 1 is 1.10 bits per heavy atom. The molecule has 1 aromatic heterocycles. The third kappa shape index (κ3) is 2.19. The summed E-state index contributed by atoms with van der Waals surface area (Å²) in [7, 11) is 0. The molecule has 0 spiro atoms. The van der Waals surface area contributed by atoms with Crippen LogP contribution in [0.1, 0.15) is 5.56 Å². The van der Waals surface area contributed by atoms with Gasteiger partial charge in [0, 0.05) is 22.7 Å². The first-order chi connectivity index (χ1) is 9.70. The van der Waals surface area contributed by atoms with Crippen molar-refractivity contribution in [1.82, 2.24) is 4.98 Å². The van der Waals surface area contributed by atoms with Crippen LogP contribution in [0, 0.1) is 5.82 Å². The lowest BCUT2D eigenvalue weighted by Crippen LogP contribution is -2.02. The summed E-state index contributed by atoms with van der Waals surface area (Å²) in [6, 6.07) is 10.3. The van der Waals surface area contributed by atoms with Gasteiger partial charge in [-0.25, -0.2) is 4.39 Å². The highest BCUT2D eigenvalue weighted by Gasteiger charge is 2.12. The van der Waals surface area contributed by atoms with E-state index in [1.807, 2.05) is 18.3 Å². The molecule has 102 valence electrons. The average Bonchev–Trinajstić information content (AvgIpc) is 2.85. The van der Waals surface area contributed by atoms with Crippen molar-refractivity contribution in [2.45, 2.75) is 6.42 Å². The summed E-state index contributed by atoms with van der Waals surface area (Å²) in [4.78, 5) is 3.20. The Hall–Kier alpha value is -1.84. The largest absolute Gasteiger partial charge is 0.361 e. The summed E-state index contributed by atoms with van der Waals surface area (Å²) in [5, 5.41) is 1.68. The van der Waals surface area contributed by atoms with Crippen LogP contribution in [0.5, 0.6) is 0 Å². The number of aromatic nitrogens is 1. The molecule has 0 fully saturated rings. The van der Waals surface area contributed by atoms with Crippen molar-refractivity contribution in [1.29, 1.82) is 0 Å². The minimum atomic E-state index is -0.253. The summed E-state index contributed by atoms with van der Waals surface area (Å²) in [6.07, 6.45) is 2.71. The molecular weight excluding hydrogens is 275 g/mol. The van der Waals surface area contributed by atoms with Gasteiger partial charge in [0.2, 0.25) is 0 Å². The molecule has 4 heteroatoms. The number of aromatic amines is 1. The van der Waals surface area contributed by atoms with Gasteiger partial charge in [-0.2, -0.15) is 0 Å². The molecule has 2 aromatic carbocycles. The van der Waals surface area contributed by atoms with Gasteiger partial charge in [-0.05, 0) is 42.3 Å². The molecule has 0 saturated heterocycles. The van der Waals surface area contributed by atoms with Gasteiger partial charge in [0.05, 0.1) is 5.02 Å². The van der Waals surface area contributed by atoms with Crippen LogP contribution >= 0.6 is 11.6 Å². The maximum Gasteiger partial charge on any atom is 0.123 e. The Bertz CT molecular complexity index is 747. The minimum Gasteiger partial charge on any atom is -0.361 e. The minimum absolute atomic E-state index is 0.253. The first-order valence-electron chi connectivity index (χ1n) is 6.45. The van der Waals surface area contributed by atoms with Gasteiger partial charge in [0.25, 0.3) is 0 Å². The van der Waals surface area contributed by atoms with Crippen LogP contribution in [0.3, 0.4) is 0 Å². The number of hydrogen-bond acceptors (Lipinski definition) is 1. The second-order valence-corrected chi connectivity index (χ2v) is 5.09. The maximum absolute atomic E-state index is 13.0. The van der Waals surface area contributed by atoms with E-state index in [9.17, 15) is 4.39 Å². The number of benzene rings is 2. The van der Waals surface area contributed by atoms with Crippen LogP contribution in [0.25, 0.3) is 22.0 Å².